The van der Waals surface area contributed by atoms with E-state index in [1.165, 1.54) is 24.3 Å². The van der Waals surface area contributed by atoms with E-state index in [-0.39, 0.29) is 29.0 Å². The maximum Gasteiger partial charge on any atom is 0.263 e. The van der Waals surface area contributed by atoms with Crippen molar-refractivity contribution in [3.63, 3.8) is 0 Å². The van der Waals surface area contributed by atoms with Crippen LogP contribution < -0.4 is 5.32 Å². The Morgan fingerprint density at radius 2 is 1.92 bits per heavy atom. The van der Waals surface area contributed by atoms with Crippen LogP contribution in [0, 0.1) is 24.2 Å². The van der Waals surface area contributed by atoms with Crippen molar-refractivity contribution in [3.8, 4) is 6.07 Å². The lowest BCUT2D eigenvalue weighted by Gasteiger charge is -2.41. The van der Waals surface area contributed by atoms with Gasteiger partial charge in [0.1, 0.15) is 0 Å². The highest BCUT2D eigenvalue weighted by molar-refractivity contribution is 6.05. The minimum Gasteiger partial charge on any atom is -0.337 e. The SMILES string of the molecule is Cc1c(CN2CCN(C(=O)C3CCCC3)C(C)C2)cc(C#N)cc1NC(=O)c1cccc(C(F)F)c1. The Kier molecular flexibility index (Phi) is 8.00. The first kappa shape index (κ1) is 25.8. The van der Waals surface area contributed by atoms with Crippen LogP contribution in [0.1, 0.15) is 71.6 Å². The molecule has 1 aliphatic heterocycles. The lowest BCUT2D eigenvalue weighted by molar-refractivity contribution is -0.140. The average molecular weight is 495 g/mol. The zero-order chi connectivity index (χ0) is 25.8. The number of nitrogens with one attached hydrogen (secondary N) is 1. The second-order valence-electron chi connectivity index (χ2n) is 9.90. The van der Waals surface area contributed by atoms with Gasteiger partial charge in [0, 0.05) is 55.0 Å². The van der Waals surface area contributed by atoms with Gasteiger partial charge in [-0.15, -0.1) is 0 Å². The highest BCUT2D eigenvalue weighted by atomic mass is 19.3. The average Bonchev–Trinajstić information content (AvgIpc) is 3.41. The van der Waals surface area contributed by atoms with Gasteiger partial charge in [-0.05, 0) is 62.1 Å². The number of amides is 2. The molecule has 0 radical (unpaired) electrons. The Morgan fingerprint density at radius 3 is 2.58 bits per heavy atom. The van der Waals surface area contributed by atoms with Gasteiger partial charge >= 0.3 is 0 Å². The van der Waals surface area contributed by atoms with Crippen molar-refractivity contribution in [1.29, 1.82) is 5.26 Å². The Hall–Kier alpha value is -3.31. The van der Waals surface area contributed by atoms with Crippen LogP contribution in [0.15, 0.2) is 36.4 Å². The van der Waals surface area contributed by atoms with Crippen LogP contribution in [-0.2, 0) is 11.3 Å². The van der Waals surface area contributed by atoms with Crippen molar-refractivity contribution in [3.05, 3.63) is 64.2 Å². The third-order valence-corrected chi connectivity index (χ3v) is 7.39. The first-order chi connectivity index (χ1) is 17.3. The van der Waals surface area contributed by atoms with Gasteiger partial charge in [0.15, 0.2) is 0 Å². The quantitative estimate of drug-likeness (QED) is 0.593. The minimum absolute atomic E-state index is 0.104. The third kappa shape index (κ3) is 5.73. The van der Waals surface area contributed by atoms with Gasteiger partial charge in [0.25, 0.3) is 12.3 Å². The van der Waals surface area contributed by atoms with E-state index in [4.69, 9.17) is 0 Å². The minimum atomic E-state index is -2.66. The molecule has 1 saturated heterocycles. The summed E-state index contributed by atoms with van der Waals surface area (Å²) in [6.07, 6.45) is 1.59. The molecular weight excluding hydrogens is 462 g/mol. The standard InChI is InChI=1S/C28H32F2N4O2/c1-18-16-33(10-11-34(18)28(36)21-6-3-4-7-21)17-24-12-20(15-31)13-25(19(24)2)32-27(35)23-9-5-8-22(14-23)26(29)30/h5,8-9,12-14,18,21,26H,3-4,6-7,10-11,16-17H2,1-2H3,(H,32,35). The van der Waals surface area contributed by atoms with Gasteiger partial charge in [-0.1, -0.05) is 25.0 Å². The summed E-state index contributed by atoms with van der Waals surface area (Å²) >= 11 is 0. The van der Waals surface area contributed by atoms with Gasteiger partial charge in [-0.25, -0.2) is 8.78 Å². The summed E-state index contributed by atoms with van der Waals surface area (Å²) in [5, 5.41) is 12.4. The van der Waals surface area contributed by atoms with Crippen molar-refractivity contribution in [2.45, 2.75) is 58.5 Å². The number of halogens is 2. The highest BCUT2D eigenvalue weighted by Crippen LogP contribution is 2.29. The summed E-state index contributed by atoms with van der Waals surface area (Å²) in [5.41, 5.74) is 2.55. The number of hydrogen-bond acceptors (Lipinski definition) is 4. The number of nitrogens with zero attached hydrogens (tertiary/aromatic N) is 3. The Bertz CT molecular complexity index is 1170. The molecule has 0 aromatic heterocycles. The van der Waals surface area contributed by atoms with Crippen molar-refractivity contribution in [1.82, 2.24) is 9.80 Å². The molecule has 1 unspecified atom stereocenters. The number of nitriles is 1. The summed E-state index contributed by atoms with van der Waals surface area (Å²) in [6, 6.07) is 11.1. The van der Waals surface area contributed by atoms with E-state index < -0.39 is 12.3 Å². The second kappa shape index (κ2) is 11.2. The molecule has 2 aromatic rings. The molecule has 4 rings (SSSR count). The van der Waals surface area contributed by atoms with Crippen LogP contribution in [0.4, 0.5) is 14.5 Å². The van der Waals surface area contributed by atoms with Crippen molar-refractivity contribution in [2.75, 3.05) is 25.0 Å². The number of anilines is 1. The largest absolute Gasteiger partial charge is 0.337 e. The molecule has 2 fully saturated rings. The van der Waals surface area contributed by atoms with Crippen LogP contribution >= 0.6 is 0 Å². The van der Waals surface area contributed by atoms with Crippen molar-refractivity contribution < 1.29 is 18.4 Å². The summed E-state index contributed by atoms with van der Waals surface area (Å²) in [7, 11) is 0. The van der Waals surface area contributed by atoms with Gasteiger partial charge < -0.3 is 10.2 Å². The van der Waals surface area contributed by atoms with Crippen LogP contribution in [0.5, 0.6) is 0 Å². The van der Waals surface area contributed by atoms with E-state index >= 15 is 0 Å². The predicted molar refractivity (Wildman–Crippen MR) is 134 cm³/mol. The number of alkyl halides is 2. The molecule has 190 valence electrons. The topological polar surface area (TPSA) is 76.4 Å². The molecule has 1 aliphatic carbocycles. The summed E-state index contributed by atoms with van der Waals surface area (Å²) in [5.74, 6) is -0.0568. The fraction of sp³-hybridized carbons (Fsp3) is 0.464. The maximum atomic E-state index is 13.1. The number of carbonyl (C=O) groups is 2. The second-order valence-corrected chi connectivity index (χ2v) is 9.90. The van der Waals surface area contributed by atoms with E-state index in [1.54, 1.807) is 6.07 Å². The Morgan fingerprint density at radius 1 is 1.17 bits per heavy atom. The molecule has 8 heteroatoms. The van der Waals surface area contributed by atoms with E-state index in [2.05, 4.69) is 23.2 Å². The molecule has 2 aromatic carbocycles. The molecule has 1 atom stereocenters. The summed E-state index contributed by atoms with van der Waals surface area (Å²) in [6.45, 7) is 6.69. The first-order valence-corrected chi connectivity index (χ1v) is 12.5. The fourth-order valence-electron chi connectivity index (χ4n) is 5.30. The Balaban J connectivity index is 1.47. The zero-order valence-corrected chi connectivity index (χ0v) is 20.8. The summed E-state index contributed by atoms with van der Waals surface area (Å²) < 4.78 is 26.1. The number of carbonyl (C=O) groups excluding carboxylic acids is 2. The molecule has 36 heavy (non-hydrogen) atoms. The molecule has 1 N–H and O–H groups in total. The van der Waals surface area contributed by atoms with Crippen molar-refractivity contribution in [2.24, 2.45) is 5.92 Å². The van der Waals surface area contributed by atoms with E-state index in [9.17, 15) is 23.6 Å². The molecule has 1 saturated carbocycles. The van der Waals surface area contributed by atoms with Gasteiger partial charge in [0.2, 0.25) is 5.91 Å². The molecule has 2 amide bonds. The normalized spacial score (nSPS) is 18.9. The Labute approximate surface area is 210 Å². The zero-order valence-electron chi connectivity index (χ0n) is 20.8. The lowest BCUT2D eigenvalue weighted by atomic mass is 10.0. The van der Waals surface area contributed by atoms with E-state index in [0.29, 0.717) is 24.3 Å². The molecule has 0 bridgehead atoms. The number of benzene rings is 2. The fourth-order valence-corrected chi connectivity index (χ4v) is 5.30. The van der Waals surface area contributed by atoms with Gasteiger partial charge in [0.05, 0.1) is 11.6 Å². The van der Waals surface area contributed by atoms with E-state index in [0.717, 1.165) is 49.9 Å². The molecule has 6 nitrogen and oxygen atoms in total. The monoisotopic (exact) mass is 494 g/mol. The van der Waals surface area contributed by atoms with Crippen LogP contribution in [0.2, 0.25) is 0 Å². The predicted octanol–water partition coefficient (Wildman–Crippen LogP) is 5.28. The summed E-state index contributed by atoms with van der Waals surface area (Å²) in [4.78, 5) is 30.0. The first-order valence-electron chi connectivity index (χ1n) is 12.5. The van der Waals surface area contributed by atoms with Crippen LogP contribution in [-0.4, -0.2) is 47.3 Å². The van der Waals surface area contributed by atoms with Crippen LogP contribution in [0.25, 0.3) is 0 Å². The van der Waals surface area contributed by atoms with Crippen molar-refractivity contribution >= 4 is 17.5 Å². The van der Waals surface area contributed by atoms with Gasteiger partial charge in [-0.2, -0.15) is 5.26 Å². The maximum absolute atomic E-state index is 13.1. The lowest BCUT2D eigenvalue weighted by Crippen LogP contribution is -2.54. The molecule has 1 heterocycles. The molecule has 0 spiro atoms. The van der Waals surface area contributed by atoms with Gasteiger partial charge in [-0.3, -0.25) is 14.5 Å². The molecular formula is C28H32F2N4O2. The molecule has 2 aliphatic rings. The van der Waals surface area contributed by atoms with E-state index in [1.807, 2.05) is 17.9 Å². The van der Waals surface area contributed by atoms with Crippen LogP contribution in [0.3, 0.4) is 0 Å². The number of rotatable bonds is 6. The number of piperazine rings is 1. The third-order valence-electron chi connectivity index (χ3n) is 7.39. The number of hydrogen-bond donors (Lipinski definition) is 1. The smallest absolute Gasteiger partial charge is 0.263 e. The highest BCUT2D eigenvalue weighted by Gasteiger charge is 2.33.